The molecule has 0 radical (unpaired) electrons. The van der Waals surface area contributed by atoms with Gasteiger partial charge in [-0.2, -0.15) is 0 Å². The maximum Gasteiger partial charge on any atom is 0.411 e. The molecule has 2 aromatic heterocycles. The van der Waals surface area contributed by atoms with Gasteiger partial charge in [-0.25, -0.2) is 9.59 Å². The van der Waals surface area contributed by atoms with E-state index >= 15 is 0 Å². The van der Waals surface area contributed by atoms with Crippen molar-refractivity contribution < 1.29 is 28.4 Å². The van der Waals surface area contributed by atoms with Crippen LogP contribution in [0.5, 0.6) is 0 Å². The Hall–Kier alpha value is -3.88. The first-order valence-electron chi connectivity index (χ1n) is 9.67. The Labute approximate surface area is 178 Å². The van der Waals surface area contributed by atoms with E-state index in [9.17, 15) is 14.4 Å². The number of aromatic nitrogens is 2. The molecule has 3 rings (SSSR count). The monoisotopic (exact) mass is 425 g/mol. The first-order chi connectivity index (χ1) is 14.8. The molecule has 3 aromatic rings. The Balaban J connectivity index is 1.67. The summed E-state index contributed by atoms with van der Waals surface area (Å²) in [5, 5.41) is 6.50. The van der Waals surface area contributed by atoms with Gasteiger partial charge in [-0.1, -0.05) is 11.2 Å². The second kappa shape index (κ2) is 9.29. The minimum atomic E-state index is -0.679. The van der Waals surface area contributed by atoms with Crippen molar-refractivity contribution in [2.24, 2.45) is 0 Å². The SMILES string of the molecule is CCOC(=O)Nc1cccc(C(=O)OCC(=O)c2cc(C)n(-c3cc(C)on3)c2C)c1. The van der Waals surface area contributed by atoms with E-state index in [-0.39, 0.29) is 18.0 Å². The van der Waals surface area contributed by atoms with Crippen molar-refractivity contribution in [1.29, 1.82) is 0 Å². The Bertz CT molecular complexity index is 1130. The van der Waals surface area contributed by atoms with E-state index in [4.69, 9.17) is 14.0 Å². The second-order valence-electron chi connectivity index (χ2n) is 6.84. The van der Waals surface area contributed by atoms with E-state index < -0.39 is 18.7 Å². The minimum absolute atomic E-state index is 0.200. The van der Waals surface area contributed by atoms with Crippen molar-refractivity contribution in [2.75, 3.05) is 18.5 Å². The molecule has 1 amide bonds. The van der Waals surface area contributed by atoms with Gasteiger partial charge in [0.2, 0.25) is 5.78 Å². The van der Waals surface area contributed by atoms with Crippen LogP contribution in [0.3, 0.4) is 0 Å². The average molecular weight is 425 g/mol. The van der Waals surface area contributed by atoms with Gasteiger partial charge in [0.15, 0.2) is 12.4 Å². The van der Waals surface area contributed by atoms with Gasteiger partial charge < -0.3 is 14.0 Å². The molecule has 0 saturated heterocycles. The summed E-state index contributed by atoms with van der Waals surface area (Å²) in [6, 6.07) is 9.67. The number of rotatable bonds is 7. The standard InChI is InChI=1S/C22H23N3O6/c1-5-29-22(28)23-17-8-6-7-16(11-17)21(27)30-12-19(26)18-9-13(2)25(15(18)4)20-10-14(3)31-24-20/h6-11H,5,12H2,1-4H3,(H,23,28). The van der Waals surface area contributed by atoms with Gasteiger partial charge in [-0.15, -0.1) is 0 Å². The number of carbonyl (C=O) groups is 3. The highest BCUT2D eigenvalue weighted by molar-refractivity contribution is 6.01. The van der Waals surface area contributed by atoms with E-state index in [1.165, 1.54) is 12.1 Å². The fourth-order valence-corrected chi connectivity index (χ4v) is 3.16. The molecule has 9 heteroatoms. The number of benzene rings is 1. The number of amides is 1. The van der Waals surface area contributed by atoms with Crippen molar-refractivity contribution >= 4 is 23.5 Å². The number of nitrogens with zero attached hydrogens (tertiary/aromatic N) is 2. The van der Waals surface area contributed by atoms with Crippen molar-refractivity contribution in [2.45, 2.75) is 27.7 Å². The molecule has 9 nitrogen and oxygen atoms in total. The lowest BCUT2D eigenvalue weighted by Crippen LogP contribution is -2.16. The number of anilines is 1. The van der Waals surface area contributed by atoms with E-state index in [1.807, 2.05) is 6.92 Å². The summed E-state index contributed by atoms with van der Waals surface area (Å²) < 4.78 is 16.9. The van der Waals surface area contributed by atoms with Crippen molar-refractivity contribution in [3.05, 3.63) is 64.7 Å². The molecule has 0 aliphatic rings. The zero-order chi connectivity index (χ0) is 22.5. The van der Waals surface area contributed by atoms with Gasteiger partial charge in [-0.05, 0) is 52.0 Å². The third-order valence-corrected chi connectivity index (χ3v) is 4.53. The van der Waals surface area contributed by atoms with Crippen LogP contribution in [0.2, 0.25) is 0 Å². The summed E-state index contributed by atoms with van der Waals surface area (Å²) in [5.41, 5.74) is 2.49. The molecular weight excluding hydrogens is 402 g/mol. The van der Waals surface area contributed by atoms with Crippen LogP contribution in [0.15, 0.2) is 40.9 Å². The molecule has 162 valence electrons. The van der Waals surface area contributed by atoms with Crippen molar-refractivity contribution in [1.82, 2.24) is 9.72 Å². The minimum Gasteiger partial charge on any atom is -0.454 e. The van der Waals surface area contributed by atoms with E-state index in [2.05, 4.69) is 10.5 Å². The molecule has 0 aliphatic carbocycles. The quantitative estimate of drug-likeness (QED) is 0.450. The number of hydrogen-bond acceptors (Lipinski definition) is 7. The maximum atomic E-state index is 12.7. The van der Waals surface area contributed by atoms with Crippen LogP contribution in [-0.2, 0) is 9.47 Å². The first kappa shape index (κ1) is 21.8. The Morgan fingerprint density at radius 3 is 2.55 bits per heavy atom. The van der Waals surface area contributed by atoms with Crippen molar-refractivity contribution in [3.63, 3.8) is 0 Å². The number of esters is 1. The van der Waals surface area contributed by atoms with Gasteiger partial charge in [0.05, 0.1) is 12.2 Å². The lowest BCUT2D eigenvalue weighted by atomic mass is 10.1. The van der Waals surface area contributed by atoms with E-state index in [1.54, 1.807) is 49.6 Å². The normalized spacial score (nSPS) is 10.6. The molecular formula is C22H23N3O6. The van der Waals surface area contributed by atoms with Crippen LogP contribution in [0, 0.1) is 20.8 Å². The molecule has 2 heterocycles. The molecule has 1 aromatic carbocycles. The predicted molar refractivity (Wildman–Crippen MR) is 112 cm³/mol. The molecule has 0 bridgehead atoms. The smallest absolute Gasteiger partial charge is 0.411 e. The number of aryl methyl sites for hydroxylation is 2. The lowest BCUT2D eigenvalue weighted by Gasteiger charge is -2.08. The number of hydrogen-bond donors (Lipinski definition) is 1. The lowest BCUT2D eigenvalue weighted by molar-refractivity contribution is 0.0474. The Morgan fingerprint density at radius 2 is 1.87 bits per heavy atom. The van der Waals surface area contributed by atoms with Crippen LogP contribution in [0.4, 0.5) is 10.5 Å². The third-order valence-electron chi connectivity index (χ3n) is 4.53. The highest BCUT2D eigenvalue weighted by Crippen LogP contribution is 2.21. The largest absolute Gasteiger partial charge is 0.454 e. The third kappa shape index (κ3) is 5.00. The number of ether oxygens (including phenoxy) is 2. The van der Waals surface area contributed by atoms with Crippen LogP contribution in [0.25, 0.3) is 5.82 Å². The van der Waals surface area contributed by atoms with Gasteiger partial charge >= 0.3 is 12.1 Å². The number of ketones is 1. The molecule has 0 saturated carbocycles. The van der Waals surface area contributed by atoms with E-state index in [0.717, 1.165) is 5.69 Å². The number of Topliss-reactive ketones (excluding diaryl/α,β-unsaturated/α-hetero) is 1. The molecule has 0 fully saturated rings. The molecule has 0 unspecified atom stereocenters. The van der Waals surface area contributed by atoms with Crippen LogP contribution >= 0.6 is 0 Å². The van der Waals surface area contributed by atoms with Gasteiger partial charge in [0.1, 0.15) is 5.76 Å². The summed E-state index contributed by atoms with van der Waals surface area (Å²) in [6.45, 7) is 6.92. The highest BCUT2D eigenvalue weighted by Gasteiger charge is 2.20. The highest BCUT2D eigenvalue weighted by atomic mass is 16.5. The average Bonchev–Trinajstić information content (AvgIpc) is 3.28. The van der Waals surface area contributed by atoms with Gasteiger partial charge in [-0.3, -0.25) is 14.7 Å². The summed E-state index contributed by atoms with van der Waals surface area (Å²) in [6.07, 6.45) is -0.624. The van der Waals surface area contributed by atoms with Crippen LogP contribution < -0.4 is 5.32 Å². The summed E-state index contributed by atoms with van der Waals surface area (Å²) >= 11 is 0. The number of nitrogens with one attached hydrogen (secondary N) is 1. The Morgan fingerprint density at radius 1 is 1.10 bits per heavy atom. The summed E-state index contributed by atoms with van der Waals surface area (Å²) in [7, 11) is 0. The van der Waals surface area contributed by atoms with E-state index in [0.29, 0.717) is 28.5 Å². The number of carbonyl (C=O) groups excluding carboxylic acids is 3. The van der Waals surface area contributed by atoms with Crippen LogP contribution in [-0.4, -0.2) is 40.8 Å². The molecule has 0 atom stereocenters. The molecule has 0 aliphatic heterocycles. The second-order valence-corrected chi connectivity index (χ2v) is 6.84. The first-order valence-corrected chi connectivity index (χ1v) is 9.67. The summed E-state index contributed by atoms with van der Waals surface area (Å²) in [5.74, 6) is 0.217. The molecule has 1 N–H and O–H groups in total. The van der Waals surface area contributed by atoms with Crippen molar-refractivity contribution in [3.8, 4) is 5.82 Å². The maximum absolute atomic E-state index is 12.7. The Kier molecular flexibility index (Phi) is 6.54. The zero-order valence-electron chi connectivity index (χ0n) is 17.7. The van der Waals surface area contributed by atoms with Crippen LogP contribution in [0.1, 0.15) is 44.8 Å². The molecule has 0 spiro atoms. The molecule has 31 heavy (non-hydrogen) atoms. The topological polar surface area (TPSA) is 113 Å². The zero-order valence-corrected chi connectivity index (χ0v) is 17.7. The predicted octanol–water partition coefficient (Wildman–Crippen LogP) is 4.00. The fraction of sp³-hybridized carbons (Fsp3) is 0.273. The van der Waals surface area contributed by atoms with Gasteiger partial charge in [0.25, 0.3) is 0 Å². The summed E-state index contributed by atoms with van der Waals surface area (Å²) in [4.78, 5) is 36.6. The van der Waals surface area contributed by atoms with Gasteiger partial charge in [0, 0.05) is 28.7 Å². The fourth-order valence-electron chi connectivity index (χ4n) is 3.16.